The molecule has 2 N–H and O–H groups in total. The van der Waals surface area contributed by atoms with Crippen LogP contribution in [0.5, 0.6) is 5.75 Å². The van der Waals surface area contributed by atoms with Crippen LogP contribution < -0.4 is 15.4 Å². The molecule has 0 aliphatic rings. The monoisotopic (exact) mass is 279 g/mol. The number of carbonyl (C=O) groups excluding carboxylic acids is 2. The van der Waals surface area contributed by atoms with Gasteiger partial charge in [-0.05, 0) is 24.6 Å². The molecule has 1 aromatic rings. The molecular formula is C14H21N3O3. The van der Waals surface area contributed by atoms with Crippen molar-refractivity contribution < 1.29 is 14.3 Å². The summed E-state index contributed by atoms with van der Waals surface area (Å²) in [5.74, 6) is 0.372. The highest BCUT2D eigenvalue weighted by Gasteiger charge is 2.13. The molecule has 0 fully saturated rings. The summed E-state index contributed by atoms with van der Waals surface area (Å²) in [6.45, 7) is 2.56. The summed E-state index contributed by atoms with van der Waals surface area (Å²) in [5.41, 5.74) is 0.954. The Bertz CT molecular complexity index is 487. The number of amides is 3. The molecule has 1 aromatic carbocycles. The number of hydrogen-bond donors (Lipinski definition) is 2. The van der Waals surface area contributed by atoms with Gasteiger partial charge < -0.3 is 20.3 Å². The summed E-state index contributed by atoms with van der Waals surface area (Å²) in [7, 11) is 4.86. The number of nitrogens with zero attached hydrogens (tertiary/aromatic N) is 1. The first-order valence-electron chi connectivity index (χ1n) is 6.44. The summed E-state index contributed by atoms with van der Waals surface area (Å²) in [4.78, 5) is 25.1. The van der Waals surface area contributed by atoms with E-state index in [1.807, 2.05) is 6.92 Å². The van der Waals surface area contributed by atoms with Gasteiger partial charge in [-0.15, -0.1) is 0 Å². The van der Waals surface area contributed by atoms with Crippen LogP contribution in [0, 0.1) is 0 Å². The Labute approximate surface area is 119 Å². The van der Waals surface area contributed by atoms with Crippen LogP contribution in [0.2, 0.25) is 0 Å². The Kier molecular flexibility index (Phi) is 5.83. The SMILES string of the molecule is CCCNC(=O)Nc1cc(C(=O)N(C)C)ccc1OC. The molecule has 0 saturated heterocycles. The Morgan fingerprint density at radius 1 is 1.30 bits per heavy atom. The molecule has 0 bridgehead atoms. The van der Waals surface area contributed by atoms with Crippen LogP contribution in [-0.4, -0.2) is 44.6 Å². The molecule has 20 heavy (non-hydrogen) atoms. The second kappa shape index (κ2) is 7.37. The molecule has 0 atom stereocenters. The second-order valence-corrected chi connectivity index (χ2v) is 4.50. The lowest BCUT2D eigenvalue weighted by Crippen LogP contribution is -2.29. The first kappa shape index (κ1) is 15.8. The van der Waals surface area contributed by atoms with Crippen LogP contribution in [-0.2, 0) is 0 Å². The molecule has 3 amide bonds. The largest absolute Gasteiger partial charge is 0.495 e. The highest BCUT2D eigenvalue weighted by Crippen LogP contribution is 2.25. The van der Waals surface area contributed by atoms with E-state index in [2.05, 4.69) is 10.6 Å². The molecular weight excluding hydrogens is 258 g/mol. The summed E-state index contributed by atoms with van der Waals surface area (Å²) in [5, 5.41) is 5.39. The van der Waals surface area contributed by atoms with Gasteiger partial charge in [0.1, 0.15) is 5.75 Å². The summed E-state index contributed by atoms with van der Waals surface area (Å²) in [6, 6.07) is 4.61. The van der Waals surface area contributed by atoms with Crippen molar-refractivity contribution in [2.75, 3.05) is 33.1 Å². The molecule has 110 valence electrons. The van der Waals surface area contributed by atoms with E-state index in [-0.39, 0.29) is 11.9 Å². The zero-order valence-corrected chi connectivity index (χ0v) is 12.3. The fourth-order valence-corrected chi connectivity index (χ4v) is 1.60. The van der Waals surface area contributed by atoms with Crippen LogP contribution in [0.4, 0.5) is 10.5 Å². The van der Waals surface area contributed by atoms with Gasteiger partial charge >= 0.3 is 6.03 Å². The topological polar surface area (TPSA) is 70.7 Å². The number of anilines is 1. The average molecular weight is 279 g/mol. The van der Waals surface area contributed by atoms with E-state index in [1.54, 1.807) is 32.3 Å². The van der Waals surface area contributed by atoms with Crippen molar-refractivity contribution in [3.63, 3.8) is 0 Å². The lowest BCUT2D eigenvalue weighted by atomic mass is 10.1. The van der Waals surface area contributed by atoms with Gasteiger partial charge in [-0.3, -0.25) is 4.79 Å². The third-order valence-electron chi connectivity index (χ3n) is 2.64. The predicted octanol–water partition coefficient (Wildman–Crippen LogP) is 1.93. The quantitative estimate of drug-likeness (QED) is 0.865. The van der Waals surface area contributed by atoms with Gasteiger partial charge in [-0.2, -0.15) is 0 Å². The van der Waals surface area contributed by atoms with Crippen molar-refractivity contribution >= 4 is 17.6 Å². The van der Waals surface area contributed by atoms with E-state index < -0.39 is 0 Å². The standard InChI is InChI=1S/C14H21N3O3/c1-5-8-15-14(19)16-11-9-10(13(18)17(2)3)6-7-12(11)20-4/h6-7,9H,5,8H2,1-4H3,(H2,15,16,19). The van der Waals surface area contributed by atoms with Crippen molar-refractivity contribution in [1.82, 2.24) is 10.2 Å². The number of carbonyl (C=O) groups is 2. The summed E-state index contributed by atoms with van der Waals surface area (Å²) < 4.78 is 5.18. The van der Waals surface area contributed by atoms with Gasteiger partial charge in [0.05, 0.1) is 12.8 Å². The van der Waals surface area contributed by atoms with E-state index in [0.717, 1.165) is 6.42 Å². The van der Waals surface area contributed by atoms with E-state index in [9.17, 15) is 9.59 Å². The van der Waals surface area contributed by atoms with E-state index in [0.29, 0.717) is 23.5 Å². The molecule has 0 spiro atoms. The number of rotatable bonds is 5. The summed E-state index contributed by atoms with van der Waals surface area (Å²) in [6.07, 6.45) is 0.851. The third-order valence-corrected chi connectivity index (χ3v) is 2.64. The minimum atomic E-state index is -0.320. The maximum atomic E-state index is 11.9. The van der Waals surface area contributed by atoms with Crippen LogP contribution >= 0.6 is 0 Å². The predicted molar refractivity (Wildman–Crippen MR) is 78.3 cm³/mol. The molecule has 1 rings (SSSR count). The number of nitrogens with one attached hydrogen (secondary N) is 2. The highest BCUT2D eigenvalue weighted by molar-refractivity contribution is 5.97. The van der Waals surface area contributed by atoms with Gasteiger partial charge in [0.25, 0.3) is 5.91 Å². The van der Waals surface area contributed by atoms with E-state index in [1.165, 1.54) is 12.0 Å². The molecule has 0 radical (unpaired) electrons. The third kappa shape index (κ3) is 4.15. The van der Waals surface area contributed by atoms with Crippen molar-refractivity contribution in [2.45, 2.75) is 13.3 Å². The first-order valence-corrected chi connectivity index (χ1v) is 6.44. The molecule has 6 nitrogen and oxygen atoms in total. The van der Waals surface area contributed by atoms with Gasteiger partial charge in [0.2, 0.25) is 0 Å². The summed E-state index contributed by atoms with van der Waals surface area (Å²) >= 11 is 0. The highest BCUT2D eigenvalue weighted by atomic mass is 16.5. The molecule has 0 aliphatic heterocycles. The molecule has 0 aromatic heterocycles. The zero-order chi connectivity index (χ0) is 15.1. The van der Waals surface area contributed by atoms with Gasteiger partial charge in [0, 0.05) is 26.2 Å². The van der Waals surface area contributed by atoms with Crippen molar-refractivity contribution in [3.05, 3.63) is 23.8 Å². The average Bonchev–Trinajstić information content (AvgIpc) is 2.44. The maximum absolute atomic E-state index is 11.9. The fraction of sp³-hybridized carbons (Fsp3) is 0.429. The van der Waals surface area contributed by atoms with Crippen molar-refractivity contribution in [1.29, 1.82) is 0 Å². The lowest BCUT2D eigenvalue weighted by Gasteiger charge is -2.14. The smallest absolute Gasteiger partial charge is 0.319 e. The van der Waals surface area contributed by atoms with Crippen LogP contribution in [0.3, 0.4) is 0 Å². The molecule has 0 aliphatic carbocycles. The van der Waals surface area contributed by atoms with Crippen LogP contribution in [0.25, 0.3) is 0 Å². The number of benzene rings is 1. The van der Waals surface area contributed by atoms with E-state index >= 15 is 0 Å². The van der Waals surface area contributed by atoms with Crippen molar-refractivity contribution in [3.8, 4) is 5.75 Å². The Morgan fingerprint density at radius 3 is 2.55 bits per heavy atom. The number of methoxy groups -OCH3 is 1. The molecule has 0 saturated carbocycles. The normalized spacial score (nSPS) is 9.80. The molecule has 0 heterocycles. The Morgan fingerprint density at radius 2 is 2.00 bits per heavy atom. The Balaban J connectivity index is 2.94. The van der Waals surface area contributed by atoms with Gasteiger partial charge in [-0.25, -0.2) is 4.79 Å². The minimum absolute atomic E-state index is 0.135. The maximum Gasteiger partial charge on any atom is 0.319 e. The second-order valence-electron chi connectivity index (χ2n) is 4.50. The number of urea groups is 1. The number of ether oxygens (including phenoxy) is 1. The van der Waals surface area contributed by atoms with E-state index in [4.69, 9.17) is 4.74 Å². The lowest BCUT2D eigenvalue weighted by molar-refractivity contribution is 0.0827. The van der Waals surface area contributed by atoms with Gasteiger partial charge in [0.15, 0.2) is 0 Å². The van der Waals surface area contributed by atoms with Crippen LogP contribution in [0.1, 0.15) is 23.7 Å². The van der Waals surface area contributed by atoms with Crippen molar-refractivity contribution in [2.24, 2.45) is 0 Å². The van der Waals surface area contributed by atoms with Crippen LogP contribution in [0.15, 0.2) is 18.2 Å². The molecule has 0 unspecified atom stereocenters. The molecule has 6 heteroatoms. The number of hydrogen-bond acceptors (Lipinski definition) is 3. The Hall–Kier alpha value is -2.24. The zero-order valence-electron chi connectivity index (χ0n) is 12.3. The minimum Gasteiger partial charge on any atom is -0.495 e. The fourth-order valence-electron chi connectivity index (χ4n) is 1.60. The van der Waals surface area contributed by atoms with Gasteiger partial charge in [-0.1, -0.05) is 6.92 Å². The first-order chi connectivity index (χ1) is 9.49.